The SMILES string of the molecule is CCOc1cc(/C=C2\SC(=Nc3ccccc3F)N(C3CCCCC3)C2=O)ccc1OCc1ccc2c(c1)OCO2. The van der Waals surface area contributed by atoms with Crippen molar-refractivity contribution in [1.82, 2.24) is 4.90 Å². The zero-order valence-corrected chi connectivity index (χ0v) is 23.6. The van der Waals surface area contributed by atoms with E-state index in [4.69, 9.17) is 18.9 Å². The van der Waals surface area contributed by atoms with Gasteiger partial charge in [-0.2, -0.15) is 0 Å². The van der Waals surface area contributed by atoms with E-state index >= 15 is 0 Å². The van der Waals surface area contributed by atoms with Crippen molar-refractivity contribution >= 4 is 34.6 Å². The van der Waals surface area contributed by atoms with Crippen LogP contribution in [0.4, 0.5) is 10.1 Å². The molecule has 1 amide bonds. The van der Waals surface area contributed by atoms with E-state index in [-0.39, 0.29) is 24.4 Å². The van der Waals surface area contributed by atoms with Gasteiger partial charge in [0.15, 0.2) is 28.2 Å². The van der Waals surface area contributed by atoms with Gasteiger partial charge in [0.05, 0.1) is 11.5 Å². The average molecular weight is 575 g/mol. The number of aliphatic imine (C=N–C) groups is 1. The second-order valence-corrected chi connectivity index (χ2v) is 11.0. The predicted octanol–water partition coefficient (Wildman–Crippen LogP) is 7.47. The summed E-state index contributed by atoms with van der Waals surface area (Å²) in [7, 11) is 0. The Bertz CT molecular complexity index is 1500. The number of ether oxygens (including phenoxy) is 4. The summed E-state index contributed by atoms with van der Waals surface area (Å²) in [6.07, 6.45) is 6.97. The van der Waals surface area contributed by atoms with Crippen molar-refractivity contribution in [1.29, 1.82) is 0 Å². The molecule has 2 aliphatic heterocycles. The summed E-state index contributed by atoms with van der Waals surface area (Å²) in [5, 5.41) is 0.520. The van der Waals surface area contributed by atoms with Gasteiger partial charge in [-0.05, 0) is 85.1 Å². The second kappa shape index (κ2) is 12.3. The summed E-state index contributed by atoms with van der Waals surface area (Å²) >= 11 is 1.29. The number of thioether (sulfide) groups is 1. The molecule has 9 heteroatoms. The van der Waals surface area contributed by atoms with Crippen molar-refractivity contribution < 1.29 is 28.1 Å². The first kappa shape index (κ1) is 27.2. The molecular formula is C32H31FN2O5S. The Labute approximate surface area is 243 Å². The highest BCUT2D eigenvalue weighted by molar-refractivity contribution is 8.18. The maximum absolute atomic E-state index is 14.5. The van der Waals surface area contributed by atoms with Gasteiger partial charge in [0.1, 0.15) is 18.1 Å². The minimum absolute atomic E-state index is 0.0612. The number of rotatable bonds is 8. The van der Waals surface area contributed by atoms with Gasteiger partial charge >= 0.3 is 0 Å². The molecule has 1 saturated heterocycles. The van der Waals surface area contributed by atoms with Gasteiger partial charge in [-0.3, -0.25) is 9.69 Å². The molecule has 0 N–H and O–H groups in total. The fourth-order valence-electron chi connectivity index (χ4n) is 5.22. The number of amides is 1. The van der Waals surface area contributed by atoms with Gasteiger partial charge in [-0.15, -0.1) is 0 Å². The molecule has 6 rings (SSSR count). The quantitative estimate of drug-likeness (QED) is 0.260. The number of para-hydroxylation sites is 1. The summed E-state index contributed by atoms with van der Waals surface area (Å²) in [4.78, 5) is 20.6. The van der Waals surface area contributed by atoms with E-state index in [2.05, 4.69) is 4.99 Å². The summed E-state index contributed by atoms with van der Waals surface area (Å²) in [5.41, 5.74) is 1.98. The standard InChI is InChI=1S/C32H31FN2O5S/c1-2-37-28-16-21(12-14-26(28)38-19-22-13-15-27-29(17-22)40-20-39-27)18-30-31(36)35(23-8-4-3-5-9-23)32(41-30)34-25-11-7-6-10-24(25)33/h6-7,10-18,23H,2-5,8-9,19-20H2,1H3/b30-18-,34-32?. The number of nitrogens with zero attached hydrogens (tertiary/aromatic N) is 2. The Morgan fingerprint density at radius 2 is 1.83 bits per heavy atom. The third-order valence-electron chi connectivity index (χ3n) is 7.24. The largest absolute Gasteiger partial charge is 0.490 e. The first-order valence-corrected chi connectivity index (χ1v) is 14.7. The molecule has 212 valence electrons. The second-order valence-electron chi connectivity index (χ2n) is 10.0. The smallest absolute Gasteiger partial charge is 0.267 e. The lowest BCUT2D eigenvalue weighted by molar-refractivity contribution is -0.124. The molecule has 0 spiro atoms. The fourth-order valence-corrected chi connectivity index (χ4v) is 6.27. The molecule has 2 fully saturated rings. The van der Waals surface area contributed by atoms with Gasteiger partial charge in [-0.25, -0.2) is 9.38 Å². The lowest BCUT2D eigenvalue weighted by Gasteiger charge is -2.30. The van der Waals surface area contributed by atoms with Gasteiger partial charge in [0.25, 0.3) is 5.91 Å². The first-order chi connectivity index (χ1) is 20.1. The number of halogens is 1. The molecule has 7 nitrogen and oxygen atoms in total. The van der Waals surface area contributed by atoms with E-state index in [1.807, 2.05) is 49.4 Å². The number of benzene rings is 3. The number of fused-ring (bicyclic) bond motifs is 1. The summed E-state index contributed by atoms with van der Waals surface area (Å²) < 4.78 is 37.3. The van der Waals surface area contributed by atoms with E-state index in [0.717, 1.165) is 49.0 Å². The van der Waals surface area contributed by atoms with Gasteiger partial charge < -0.3 is 18.9 Å². The predicted molar refractivity (Wildman–Crippen MR) is 157 cm³/mol. The van der Waals surface area contributed by atoms with E-state index < -0.39 is 5.82 Å². The molecule has 1 aliphatic carbocycles. The average Bonchev–Trinajstić information content (AvgIpc) is 3.58. The van der Waals surface area contributed by atoms with Gasteiger partial charge in [0.2, 0.25) is 6.79 Å². The highest BCUT2D eigenvalue weighted by atomic mass is 32.2. The van der Waals surface area contributed by atoms with Crippen molar-refractivity contribution in [2.24, 2.45) is 4.99 Å². The van der Waals surface area contributed by atoms with Crippen LogP contribution in [0.2, 0.25) is 0 Å². The van der Waals surface area contributed by atoms with Gasteiger partial charge in [0, 0.05) is 6.04 Å². The molecular weight excluding hydrogens is 543 g/mol. The highest BCUT2D eigenvalue weighted by Gasteiger charge is 2.38. The minimum Gasteiger partial charge on any atom is -0.490 e. The lowest BCUT2D eigenvalue weighted by Crippen LogP contribution is -2.40. The number of carbonyl (C=O) groups excluding carboxylic acids is 1. The monoisotopic (exact) mass is 574 g/mol. The molecule has 2 heterocycles. The van der Waals surface area contributed by atoms with Crippen LogP contribution in [0.25, 0.3) is 6.08 Å². The maximum Gasteiger partial charge on any atom is 0.267 e. The topological polar surface area (TPSA) is 69.6 Å². The summed E-state index contributed by atoms with van der Waals surface area (Å²) in [6.45, 7) is 2.93. The maximum atomic E-state index is 14.5. The first-order valence-electron chi connectivity index (χ1n) is 13.9. The van der Waals surface area contributed by atoms with Gasteiger partial charge in [-0.1, -0.05) is 43.5 Å². The van der Waals surface area contributed by atoms with E-state index in [1.54, 1.807) is 23.1 Å². The number of hydrogen-bond donors (Lipinski definition) is 0. The Kier molecular flexibility index (Phi) is 8.14. The third kappa shape index (κ3) is 6.05. The van der Waals surface area contributed by atoms with E-state index in [9.17, 15) is 9.18 Å². The molecule has 0 radical (unpaired) electrons. The normalized spacial score (nSPS) is 18.9. The third-order valence-corrected chi connectivity index (χ3v) is 8.22. The molecule has 0 aromatic heterocycles. The van der Waals surface area contributed by atoms with Crippen LogP contribution >= 0.6 is 11.8 Å². The number of amidine groups is 1. The van der Waals surface area contributed by atoms with Crippen molar-refractivity contribution in [3.8, 4) is 23.0 Å². The van der Waals surface area contributed by atoms with Crippen molar-refractivity contribution in [2.75, 3.05) is 13.4 Å². The van der Waals surface area contributed by atoms with Crippen LogP contribution in [0.3, 0.4) is 0 Å². The fraction of sp³-hybridized carbons (Fsp3) is 0.312. The Morgan fingerprint density at radius 1 is 1.00 bits per heavy atom. The highest BCUT2D eigenvalue weighted by Crippen LogP contribution is 2.40. The molecule has 3 aromatic rings. The van der Waals surface area contributed by atoms with E-state index in [1.165, 1.54) is 17.8 Å². The zero-order valence-electron chi connectivity index (χ0n) is 22.8. The molecule has 41 heavy (non-hydrogen) atoms. The van der Waals surface area contributed by atoms with Crippen LogP contribution in [0.15, 0.2) is 70.6 Å². The molecule has 0 unspecified atom stereocenters. The van der Waals surface area contributed by atoms with E-state index in [0.29, 0.717) is 40.5 Å². The molecule has 0 bridgehead atoms. The minimum atomic E-state index is -0.410. The van der Waals surface area contributed by atoms with Crippen LogP contribution < -0.4 is 18.9 Å². The van der Waals surface area contributed by atoms with Crippen LogP contribution in [-0.4, -0.2) is 35.4 Å². The molecule has 1 saturated carbocycles. The lowest BCUT2D eigenvalue weighted by atomic mass is 9.94. The number of hydrogen-bond acceptors (Lipinski definition) is 7. The van der Waals surface area contributed by atoms with Crippen molar-refractivity contribution in [3.05, 3.63) is 82.5 Å². The van der Waals surface area contributed by atoms with Crippen molar-refractivity contribution in [2.45, 2.75) is 51.7 Å². The van der Waals surface area contributed by atoms with Crippen LogP contribution in [0.1, 0.15) is 50.2 Å². The summed E-state index contributed by atoms with van der Waals surface area (Å²) in [5.74, 6) is 2.11. The Balaban J connectivity index is 1.25. The summed E-state index contributed by atoms with van der Waals surface area (Å²) in [6, 6.07) is 17.8. The van der Waals surface area contributed by atoms with Crippen LogP contribution in [0.5, 0.6) is 23.0 Å². The Hall–Kier alpha value is -3.98. The van der Waals surface area contributed by atoms with Crippen LogP contribution in [-0.2, 0) is 11.4 Å². The zero-order chi connectivity index (χ0) is 28.2. The molecule has 3 aromatic carbocycles. The number of carbonyl (C=O) groups is 1. The molecule has 0 atom stereocenters. The van der Waals surface area contributed by atoms with Crippen LogP contribution in [0, 0.1) is 5.82 Å². The van der Waals surface area contributed by atoms with Crippen molar-refractivity contribution in [3.63, 3.8) is 0 Å². The molecule has 3 aliphatic rings. The Morgan fingerprint density at radius 3 is 2.66 bits per heavy atom.